The van der Waals surface area contributed by atoms with E-state index < -0.39 is 0 Å². The second-order valence-electron chi connectivity index (χ2n) is 6.88. The summed E-state index contributed by atoms with van der Waals surface area (Å²) in [7, 11) is 0. The van der Waals surface area contributed by atoms with E-state index in [1.54, 1.807) is 0 Å². The highest BCUT2D eigenvalue weighted by Crippen LogP contribution is 2.26. The number of hydrogen-bond acceptors (Lipinski definition) is 4. The normalized spacial score (nSPS) is 16.8. The van der Waals surface area contributed by atoms with E-state index >= 15 is 0 Å². The molecule has 140 valence electrons. The number of carbonyl (C=O) groups is 2. The summed E-state index contributed by atoms with van der Waals surface area (Å²) in [6, 6.07) is 13.4. The van der Waals surface area contributed by atoms with Crippen LogP contribution in [0.1, 0.15) is 5.56 Å². The van der Waals surface area contributed by atoms with Crippen molar-refractivity contribution in [1.82, 2.24) is 4.90 Å². The van der Waals surface area contributed by atoms with E-state index in [1.807, 2.05) is 42.5 Å². The van der Waals surface area contributed by atoms with Crippen LogP contribution in [0.25, 0.3) is 0 Å². The zero-order chi connectivity index (χ0) is 18.8. The lowest BCUT2D eigenvalue weighted by Crippen LogP contribution is -2.48. The lowest BCUT2D eigenvalue weighted by molar-refractivity contribution is -0.117. The molecule has 0 saturated carbocycles. The van der Waals surface area contributed by atoms with Gasteiger partial charge in [0.2, 0.25) is 11.8 Å². The number of carbonyl (C=O) groups excluding carboxylic acids is 2. The van der Waals surface area contributed by atoms with Crippen LogP contribution in [0.4, 0.5) is 17.1 Å². The smallest absolute Gasteiger partial charge is 0.238 e. The maximum atomic E-state index is 12.4. The molecule has 2 heterocycles. The number of halogens is 1. The van der Waals surface area contributed by atoms with E-state index in [9.17, 15) is 9.59 Å². The molecule has 0 aromatic heterocycles. The molecule has 1 saturated heterocycles. The molecule has 2 N–H and O–H groups in total. The Morgan fingerprint density at radius 2 is 1.81 bits per heavy atom. The maximum Gasteiger partial charge on any atom is 0.238 e. The molecular weight excluding hydrogens is 364 g/mol. The molecule has 0 unspecified atom stereocenters. The molecule has 6 nitrogen and oxygen atoms in total. The minimum absolute atomic E-state index is 0.00738. The molecule has 0 aliphatic carbocycles. The van der Waals surface area contributed by atoms with Crippen LogP contribution < -0.4 is 15.5 Å². The average Bonchev–Trinajstić information content (AvgIpc) is 3.02. The molecule has 2 amide bonds. The number of amides is 2. The van der Waals surface area contributed by atoms with Gasteiger partial charge >= 0.3 is 0 Å². The molecule has 0 spiro atoms. The van der Waals surface area contributed by atoms with Crippen molar-refractivity contribution in [2.75, 3.05) is 48.3 Å². The van der Waals surface area contributed by atoms with E-state index in [0.29, 0.717) is 13.0 Å². The van der Waals surface area contributed by atoms with Crippen molar-refractivity contribution in [2.24, 2.45) is 0 Å². The van der Waals surface area contributed by atoms with Crippen LogP contribution in [-0.4, -0.2) is 49.4 Å². The Kier molecular flexibility index (Phi) is 5.01. The first kappa shape index (κ1) is 17.8. The Bertz CT molecular complexity index is 861. The van der Waals surface area contributed by atoms with Crippen molar-refractivity contribution in [1.29, 1.82) is 0 Å². The van der Waals surface area contributed by atoms with Gasteiger partial charge in [-0.15, -0.1) is 0 Å². The Balaban J connectivity index is 1.28. The number of nitrogens with zero attached hydrogens (tertiary/aromatic N) is 2. The number of anilines is 3. The Morgan fingerprint density at radius 1 is 1.07 bits per heavy atom. The monoisotopic (exact) mass is 384 g/mol. The van der Waals surface area contributed by atoms with Gasteiger partial charge in [0.25, 0.3) is 0 Å². The van der Waals surface area contributed by atoms with Gasteiger partial charge in [-0.05, 0) is 48.0 Å². The molecule has 0 bridgehead atoms. The Hall–Kier alpha value is -2.57. The van der Waals surface area contributed by atoms with E-state index in [1.165, 1.54) is 0 Å². The van der Waals surface area contributed by atoms with Gasteiger partial charge < -0.3 is 15.5 Å². The molecular formula is C20H21ClN4O2. The number of fused-ring (bicyclic) bond motifs is 1. The van der Waals surface area contributed by atoms with Crippen LogP contribution >= 0.6 is 11.6 Å². The molecule has 1 fully saturated rings. The highest BCUT2D eigenvalue weighted by molar-refractivity contribution is 6.30. The summed E-state index contributed by atoms with van der Waals surface area (Å²) in [4.78, 5) is 28.3. The molecule has 2 aromatic rings. The number of rotatable bonds is 4. The fourth-order valence-corrected chi connectivity index (χ4v) is 3.65. The van der Waals surface area contributed by atoms with Crippen molar-refractivity contribution in [3.8, 4) is 0 Å². The van der Waals surface area contributed by atoms with Crippen molar-refractivity contribution in [3.63, 3.8) is 0 Å². The molecule has 2 aromatic carbocycles. The third kappa shape index (κ3) is 4.23. The first-order chi connectivity index (χ1) is 13.1. The fourth-order valence-electron chi connectivity index (χ4n) is 3.53. The van der Waals surface area contributed by atoms with Gasteiger partial charge in [0, 0.05) is 48.3 Å². The summed E-state index contributed by atoms with van der Waals surface area (Å²) in [6.45, 7) is 3.78. The predicted octanol–water partition coefficient (Wildman–Crippen LogP) is 2.60. The molecule has 0 atom stereocenters. The topological polar surface area (TPSA) is 64.7 Å². The first-order valence-electron chi connectivity index (χ1n) is 9.02. The number of nitrogens with one attached hydrogen (secondary N) is 2. The van der Waals surface area contributed by atoms with Crippen molar-refractivity contribution < 1.29 is 9.59 Å². The summed E-state index contributed by atoms with van der Waals surface area (Å²) in [5.74, 6) is -0.0424. The summed E-state index contributed by atoms with van der Waals surface area (Å²) >= 11 is 5.94. The zero-order valence-electron chi connectivity index (χ0n) is 14.9. The van der Waals surface area contributed by atoms with E-state index in [2.05, 4.69) is 20.4 Å². The second-order valence-corrected chi connectivity index (χ2v) is 7.32. The van der Waals surface area contributed by atoms with E-state index in [0.717, 1.165) is 53.8 Å². The third-order valence-electron chi connectivity index (χ3n) is 4.95. The lowest BCUT2D eigenvalue weighted by atomic mass is 10.1. The van der Waals surface area contributed by atoms with Crippen LogP contribution in [0.5, 0.6) is 0 Å². The predicted molar refractivity (Wildman–Crippen MR) is 108 cm³/mol. The zero-order valence-corrected chi connectivity index (χ0v) is 15.6. The molecule has 2 aliphatic rings. The average molecular weight is 385 g/mol. The van der Waals surface area contributed by atoms with Crippen LogP contribution in [-0.2, 0) is 16.0 Å². The van der Waals surface area contributed by atoms with Crippen molar-refractivity contribution in [3.05, 3.63) is 53.1 Å². The van der Waals surface area contributed by atoms with E-state index in [4.69, 9.17) is 11.6 Å². The first-order valence-corrected chi connectivity index (χ1v) is 9.40. The lowest BCUT2D eigenvalue weighted by Gasteiger charge is -2.35. The highest BCUT2D eigenvalue weighted by atomic mass is 35.5. The summed E-state index contributed by atoms with van der Waals surface area (Å²) in [6.07, 6.45) is 0.367. The molecule has 0 radical (unpaired) electrons. The maximum absolute atomic E-state index is 12.4. The Labute approximate surface area is 163 Å². The van der Waals surface area contributed by atoms with Gasteiger partial charge in [0.05, 0.1) is 13.0 Å². The number of piperazine rings is 1. The SMILES string of the molecule is O=C(CN1CCN(c2ccc(Cl)cc2)CC1)Nc1ccc2c(c1)CC(=O)N2. The third-order valence-corrected chi connectivity index (χ3v) is 5.20. The Morgan fingerprint density at radius 3 is 2.56 bits per heavy atom. The minimum atomic E-state index is -0.0350. The summed E-state index contributed by atoms with van der Waals surface area (Å²) < 4.78 is 0. The minimum Gasteiger partial charge on any atom is -0.369 e. The van der Waals surface area contributed by atoms with Crippen molar-refractivity contribution in [2.45, 2.75) is 6.42 Å². The van der Waals surface area contributed by atoms with Crippen LogP contribution in [0.2, 0.25) is 5.02 Å². The highest BCUT2D eigenvalue weighted by Gasteiger charge is 2.20. The van der Waals surface area contributed by atoms with E-state index in [-0.39, 0.29) is 11.8 Å². The van der Waals surface area contributed by atoms with Crippen LogP contribution in [0, 0.1) is 0 Å². The molecule has 7 heteroatoms. The van der Waals surface area contributed by atoms with Gasteiger partial charge in [-0.25, -0.2) is 0 Å². The van der Waals surface area contributed by atoms with Gasteiger partial charge in [0.15, 0.2) is 0 Å². The largest absolute Gasteiger partial charge is 0.369 e. The standard InChI is InChI=1S/C20H21ClN4O2/c21-15-1-4-17(5-2-15)25-9-7-24(8-10-25)13-20(27)22-16-3-6-18-14(11-16)12-19(26)23-18/h1-6,11H,7-10,12-13H2,(H,22,27)(H,23,26). The van der Waals surface area contributed by atoms with Gasteiger partial charge in [-0.3, -0.25) is 14.5 Å². The summed E-state index contributed by atoms with van der Waals surface area (Å²) in [5, 5.41) is 6.46. The van der Waals surface area contributed by atoms with Gasteiger partial charge in [-0.1, -0.05) is 11.6 Å². The van der Waals surface area contributed by atoms with Gasteiger partial charge in [0.1, 0.15) is 0 Å². The van der Waals surface area contributed by atoms with Crippen LogP contribution in [0.15, 0.2) is 42.5 Å². The molecule has 2 aliphatic heterocycles. The van der Waals surface area contributed by atoms with Gasteiger partial charge in [-0.2, -0.15) is 0 Å². The fraction of sp³-hybridized carbons (Fsp3) is 0.300. The quantitative estimate of drug-likeness (QED) is 0.850. The summed E-state index contributed by atoms with van der Waals surface area (Å²) in [5.41, 5.74) is 3.64. The number of benzene rings is 2. The van der Waals surface area contributed by atoms with Crippen molar-refractivity contribution >= 4 is 40.5 Å². The number of hydrogen-bond donors (Lipinski definition) is 2. The molecule has 4 rings (SSSR count). The molecule has 27 heavy (non-hydrogen) atoms. The van der Waals surface area contributed by atoms with Crippen LogP contribution in [0.3, 0.4) is 0 Å². The second kappa shape index (κ2) is 7.58.